The number of thiazole rings is 1. The van der Waals surface area contributed by atoms with Crippen molar-refractivity contribution in [2.45, 2.75) is 11.3 Å². The Morgan fingerprint density at radius 1 is 1.40 bits per heavy atom. The maximum Gasteiger partial charge on any atom is 0.257 e. The fraction of sp³-hybridized carbons (Fsp3) is 0.154. The molecule has 0 saturated carbocycles. The number of carbonyl (C=O) groups excluding carboxylic acids is 2. The number of fused-ring (bicyclic) bond motifs is 1. The van der Waals surface area contributed by atoms with Crippen LogP contribution in [0.5, 0.6) is 0 Å². The van der Waals surface area contributed by atoms with Gasteiger partial charge in [-0.25, -0.2) is 4.98 Å². The Hall–Kier alpha value is -1.86. The summed E-state index contributed by atoms with van der Waals surface area (Å²) in [6.07, 6.45) is 2.12. The summed E-state index contributed by atoms with van der Waals surface area (Å²) in [4.78, 5) is 28.6. The number of thioether (sulfide) groups is 1. The second-order valence-electron chi connectivity index (χ2n) is 4.15. The van der Waals surface area contributed by atoms with Gasteiger partial charge in [-0.3, -0.25) is 14.9 Å². The van der Waals surface area contributed by atoms with Crippen molar-refractivity contribution in [1.29, 1.82) is 0 Å². The van der Waals surface area contributed by atoms with E-state index in [1.165, 1.54) is 11.3 Å². The third kappa shape index (κ3) is 2.83. The highest BCUT2D eigenvalue weighted by Crippen LogP contribution is 2.31. The smallest absolute Gasteiger partial charge is 0.257 e. The van der Waals surface area contributed by atoms with Crippen LogP contribution >= 0.6 is 23.1 Å². The van der Waals surface area contributed by atoms with Gasteiger partial charge in [0.15, 0.2) is 5.13 Å². The van der Waals surface area contributed by atoms with Crippen molar-refractivity contribution in [3.05, 3.63) is 35.3 Å². The van der Waals surface area contributed by atoms with E-state index in [0.717, 1.165) is 10.6 Å². The molecule has 2 amide bonds. The summed E-state index contributed by atoms with van der Waals surface area (Å²) in [5.41, 5.74) is 1.20. The molecule has 0 bridgehead atoms. The number of amides is 2. The molecule has 1 aromatic heterocycles. The predicted octanol–water partition coefficient (Wildman–Crippen LogP) is 2.83. The summed E-state index contributed by atoms with van der Waals surface area (Å²) in [5, 5.41) is 7.90. The van der Waals surface area contributed by atoms with Crippen molar-refractivity contribution in [3.8, 4) is 0 Å². The highest BCUT2D eigenvalue weighted by Gasteiger charge is 2.16. The highest BCUT2D eigenvalue weighted by molar-refractivity contribution is 7.99. The van der Waals surface area contributed by atoms with Crippen molar-refractivity contribution in [3.63, 3.8) is 0 Å². The number of rotatable bonds is 2. The van der Waals surface area contributed by atoms with Gasteiger partial charge in [-0.15, -0.1) is 23.1 Å². The molecule has 0 radical (unpaired) electrons. The van der Waals surface area contributed by atoms with E-state index >= 15 is 0 Å². The topological polar surface area (TPSA) is 71.1 Å². The number of nitrogens with one attached hydrogen (secondary N) is 2. The fourth-order valence-electron chi connectivity index (χ4n) is 1.82. The van der Waals surface area contributed by atoms with E-state index in [0.29, 0.717) is 22.8 Å². The second-order valence-corrected chi connectivity index (χ2v) is 6.18. The van der Waals surface area contributed by atoms with E-state index in [9.17, 15) is 9.59 Å². The van der Waals surface area contributed by atoms with Gasteiger partial charge < -0.3 is 5.32 Å². The van der Waals surface area contributed by atoms with Crippen molar-refractivity contribution >= 4 is 45.7 Å². The van der Waals surface area contributed by atoms with Crippen LogP contribution in [-0.2, 0) is 4.79 Å². The summed E-state index contributed by atoms with van der Waals surface area (Å²) in [6, 6.07) is 5.32. The average molecular weight is 305 g/mol. The van der Waals surface area contributed by atoms with Gasteiger partial charge in [-0.2, -0.15) is 0 Å². The Bertz CT molecular complexity index is 656. The number of hydrogen-bond acceptors (Lipinski definition) is 5. The summed E-state index contributed by atoms with van der Waals surface area (Å²) in [6.45, 7) is 0. The van der Waals surface area contributed by atoms with Crippen LogP contribution in [0.15, 0.2) is 34.7 Å². The lowest BCUT2D eigenvalue weighted by molar-refractivity contribution is -0.115. The number of hydrogen-bond donors (Lipinski definition) is 2. The summed E-state index contributed by atoms with van der Waals surface area (Å²) < 4.78 is 0. The molecule has 0 unspecified atom stereocenters. The summed E-state index contributed by atoms with van der Waals surface area (Å²) >= 11 is 2.98. The fourth-order valence-corrected chi connectivity index (χ4v) is 3.28. The molecule has 2 heterocycles. The highest BCUT2D eigenvalue weighted by atomic mass is 32.2. The van der Waals surface area contributed by atoms with Crippen LogP contribution in [0.2, 0.25) is 0 Å². The first-order valence-electron chi connectivity index (χ1n) is 6.00. The lowest BCUT2D eigenvalue weighted by Gasteiger charge is -2.08. The number of benzene rings is 1. The van der Waals surface area contributed by atoms with Gasteiger partial charge in [-0.1, -0.05) is 0 Å². The summed E-state index contributed by atoms with van der Waals surface area (Å²) in [7, 11) is 0. The van der Waals surface area contributed by atoms with Crippen molar-refractivity contribution < 1.29 is 9.59 Å². The molecular weight excluding hydrogens is 294 g/mol. The van der Waals surface area contributed by atoms with E-state index in [1.807, 2.05) is 6.07 Å². The van der Waals surface area contributed by atoms with Crippen LogP contribution in [-0.4, -0.2) is 22.6 Å². The molecule has 2 N–H and O–H groups in total. The first-order valence-corrected chi connectivity index (χ1v) is 7.86. The molecule has 7 heteroatoms. The Morgan fingerprint density at radius 3 is 3.10 bits per heavy atom. The van der Waals surface area contributed by atoms with Crippen LogP contribution < -0.4 is 10.6 Å². The van der Waals surface area contributed by atoms with Gasteiger partial charge in [0.2, 0.25) is 5.91 Å². The van der Waals surface area contributed by atoms with E-state index in [2.05, 4.69) is 15.6 Å². The SMILES string of the molecule is O=C1CCSc2ccc(C(=O)Nc3nccs3)cc2N1. The number of anilines is 2. The minimum atomic E-state index is -0.230. The minimum Gasteiger partial charge on any atom is -0.325 e. The first-order chi connectivity index (χ1) is 9.72. The molecule has 102 valence electrons. The normalized spacial score (nSPS) is 14.1. The third-order valence-electron chi connectivity index (χ3n) is 2.76. The zero-order valence-corrected chi connectivity index (χ0v) is 12.0. The average Bonchev–Trinajstić information content (AvgIpc) is 2.85. The van der Waals surface area contributed by atoms with Crippen LogP contribution in [0.4, 0.5) is 10.8 Å². The van der Waals surface area contributed by atoms with Crippen LogP contribution in [0, 0.1) is 0 Å². The van der Waals surface area contributed by atoms with E-state index in [-0.39, 0.29) is 11.8 Å². The molecular formula is C13H11N3O2S2. The maximum atomic E-state index is 12.1. The zero-order chi connectivity index (χ0) is 13.9. The first kappa shape index (κ1) is 13.1. The van der Waals surface area contributed by atoms with Crippen LogP contribution in [0.25, 0.3) is 0 Å². The quantitative estimate of drug-likeness (QED) is 0.895. The van der Waals surface area contributed by atoms with Crippen LogP contribution in [0.3, 0.4) is 0 Å². The Labute approximate surface area is 123 Å². The molecule has 2 aromatic rings. The van der Waals surface area contributed by atoms with E-state index in [4.69, 9.17) is 0 Å². The van der Waals surface area contributed by atoms with E-state index in [1.54, 1.807) is 35.5 Å². The Kier molecular flexibility index (Phi) is 3.70. The molecule has 5 nitrogen and oxygen atoms in total. The minimum absolute atomic E-state index is 0.0197. The lowest BCUT2D eigenvalue weighted by atomic mass is 10.2. The van der Waals surface area contributed by atoms with Crippen molar-refractivity contribution in [2.24, 2.45) is 0 Å². The standard InChI is InChI=1S/C13H11N3O2S2/c17-11-3-5-19-10-2-1-8(7-9(10)15-11)12(18)16-13-14-4-6-20-13/h1-2,4,6-7H,3,5H2,(H,15,17)(H,14,16,18). The van der Waals surface area contributed by atoms with Gasteiger partial charge in [0, 0.05) is 34.2 Å². The summed E-state index contributed by atoms with van der Waals surface area (Å²) in [5.74, 6) is 0.503. The molecule has 0 saturated heterocycles. The van der Waals surface area contributed by atoms with Crippen molar-refractivity contribution in [1.82, 2.24) is 4.98 Å². The maximum absolute atomic E-state index is 12.1. The van der Waals surface area contributed by atoms with E-state index < -0.39 is 0 Å². The second kappa shape index (κ2) is 5.64. The largest absolute Gasteiger partial charge is 0.325 e. The number of nitrogens with zero attached hydrogens (tertiary/aromatic N) is 1. The van der Waals surface area contributed by atoms with Crippen LogP contribution in [0.1, 0.15) is 16.8 Å². The lowest BCUT2D eigenvalue weighted by Crippen LogP contribution is -2.14. The predicted molar refractivity (Wildman–Crippen MR) is 80.5 cm³/mol. The monoisotopic (exact) mass is 305 g/mol. The third-order valence-corrected chi connectivity index (χ3v) is 4.52. The Balaban J connectivity index is 1.84. The molecule has 0 spiro atoms. The molecule has 20 heavy (non-hydrogen) atoms. The number of carbonyl (C=O) groups is 2. The molecule has 3 rings (SSSR count). The zero-order valence-electron chi connectivity index (χ0n) is 10.4. The molecule has 1 aliphatic rings. The number of aromatic nitrogens is 1. The molecule has 0 atom stereocenters. The molecule has 1 aliphatic heterocycles. The van der Waals surface area contributed by atoms with Crippen molar-refractivity contribution in [2.75, 3.05) is 16.4 Å². The van der Waals surface area contributed by atoms with Gasteiger partial charge in [0.25, 0.3) is 5.91 Å². The molecule has 0 aliphatic carbocycles. The Morgan fingerprint density at radius 2 is 2.30 bits per heavy atom. The molecule has 1 aromatic carbocycles. The van der Waals surface area contributed by atoms with Gasteiger partial charge >= 0.3 is 0 Å². The molecule has 0 fully saturated rings. The van der Waals surface area contributed by atoms with Gasteiger partial charge in [0.05, 0.1) is 5.69 Å². The van der Waals surface area contributed by atoms with Gasteiger partial charge in [0.1, 0.15) is 0 Å². The van der Waals surface area contributed by atoms with Gasteiger partial charge in [-0.05, 0) is 18.2 Å².